The minimum atomic E-state index is -0.252. The maximum Gasteiger partial charge on any atom is 0.264 e. The van der Waals surface area contributed by atoms with Crippen LogP contribution in [0.15, 0.2) is 47.3 Å². The number of nitrogens with two attached hydrogens (primary N) is 1. The zero-order valence-corrected chi connectivity index (χ0v) is 9.92. The van der Waals surface area contributed by atoms with Crippen molar-refractivity contribution in [1.82, 2.24) is 20.4 Å². The summed E-state index contributed by atoms with van der Waals surface area (Å²) in [6.07, 6.45) is 0. The van der Waals surface area contributed by atoms with Crippen LogP contribution in [0.25, 0.3) is 22.5 Å². The number of anilines is 1. The predicted octanol–water partition coefficient (Wildman–Crippen LogP) is 1.41. The van der Waals surface area contributed by atoms with Crippen LogP contribution in [-0.2, 0) is 0 Å². The molecule has 0 saturated heterocycles. The number of hydrogen-bond acceptors (Lipinski definition) is 4. The summed E-state index contributed by atoms with van der Waals surface area (Å²) in [6, 6.07) is 12.7. The SMILES string of the molecule is Nc1n[nH]c(-c2ccc(=O)[nH]n2)c1-c1ccccc1. The van der Waals surface area contributed by atoms with Crippen molar-refractivity contribution < 1.29 is 0 Å². The van der Waals surface area contributed by atoms with Gasteiger partial charge in [0.05, 0.1) is 11.3 Å². The molecule has 0 atom stereocenters. The number of aromatic nitrogens is 4. The fourth-order valence-electron chi connectivity index (χ4n) is 1.92. The topological polar surface area (TPSA) is 100 Å². The number of hydrogen-bond donors (Lipinski definition) is 3. The largest absolute Gasteiger partial charge is 0.382 e. The van der Waals surface area contributed by atoms with Gasteiger partial charge >= 0.3 is 0 Å². The summed E-state index contributed by atoms with van der Waals surface area (Å²) in [5.74, 6) is 0.397. The first-order chi connectivity index (χ1) is 9.25. The fourth-order valence-corrected chi connectivity index (χ4v) is 1.92. The molecule has 0 spiro atoms. The van der Waals surface area contributed by atoms with Gasteiger partial charge in [-0.3, -0.25) is 9.89 Å². The molecule has 2 aromatic heterocycles. The van der Waals surface area contributed by atoms with E-state index in [2.05, 4.69) is 20.4 Å². The van der Waals surface area contributed by atoms with E-state index < -0.39 is 0 Å². The fraction of sp³-hybridized carbons (Fsp3) is 0. The summed E-state index contributed by atoms with van der Waals surface area (Å²) in [5, 5.41) is 13.2. The summed E-state index contributed by atoms with van der Waals surface area (Å²) in [4.78, 5) is 11.0. The third-order valence-electron chi connectivity index (χ3n) is 2.79. The quantitative estimate of drug-likeness (QED) is 0.642. The second-order valence-corrected chi connectivity index (χ2v) is 4.03. The van der Waals surface area contributed by atoms with Gasteiger partial charge in [-0.25, -0.2) is 5.10 Å². The first-order valence-corrected chi connectivity index (χ1v) is 5.71. The summed E-state index contributed by atoms with van der Waals surface area (Å²) in [6.45, 7) is 0. The smallest absolute Gasteiger partial charge is 0.264 e. The van der Waals surface area contributed by atoms with E-state index >= 15 is 0 Å². The average Bonchev–Trinajstić information content (AvgIpc) is 2.82. The zero-order valence-electron chi connectivity index (χ0n) is 9.92. The standard InChI is InChI=1S/C13H11N5O/c14-13-11(8-4-2-1-3-5-8)12(17-18-13)9-6-7-10(19)16-15-9/h1-7H,(H,16,19)(H3,14,17,18). The lowest BCUT2D eigenvalue weighted by Gasteiger charge is -2.03. The number of benzene rings is 1. The Hall–Kier alpha value is -2.89. The van der Waals surface area contributed by atoms with Crippen LogP contribution >= 0.6 is 0 Å². The molecule has 0 amide bonds. The van der Waals surface area contributed by atoms with Gasteiger partial charge in [-0.15, -0.1) is 0 Å². The van der Waals surface area contributed by atoms with E-state index in [0.29, 0.717) is 17.2 Å². The normalized spacial score (nSPS) is 10.5. The molecule has 6 heteroatoms. The monoisotopic (exact) mass is 253 g/mol. The lowest BCUT2D eigenvalue weighted by Crippen LogP contribution is -2.05. The molecule has 0 aliphatic carbocycles. The van der Waals surface area contributed by atoms with Crippen molar-refractivity contribution in [2.24, 2.45) is 0 Å². The van der Waals surface area contributed by atoms with E-state index in [-0.39, 0.29) is 5.56 Å². The second-order valence-electron chi connectivity index (χ2n) is 4.03. The first-order valence-electron chi connectivity index (χ1n) is 5.71. The maximum atomic E-state index is 11.0. The molecule has 2 heterocycles. The molecule has 0 saturated carbocycles. The summed E-state index contributed by atoms with van der Waals surface area (Å²) < 4.78 is 0. The lowest BCUT2D eigenvalue weighted by atomic mass is 10.0. The highest BCUT2D eigenvalue weighted by atomic mass is 16.1. The van der Waals surface area contributed by atoms with E-state index in [0.717, 1.165) is 11.1 Å². The van der Waals surface area contributed by atoms with Crippen LogP contribution in [0.1, 0.15) is 0 Å². The Morgan fingerprint density at radius 2 is 1.74 bits per heavy atom. The Labute approximate surface area is 108 Å². The van der Waals surface area contributed by atoms with Gasteiger partial charge in [0, 0.05) is 6.07 Å². The van der Waals surface area contributed by atoms with E-state index in [1.54, 1.807) is 6.07 Å². The molecule has 3 aromatic rings. The molecule has 19 heavy (non-hydrogen) atoms. The molecule has 4 N–H and O–H groups in total. The molecule has 0 unspecified atom stereocenters. The van der Waals surface area contributed by atoms with Crippen LogP contribution < -0.4 is 11.3 Å². The van der Waals surface area contributed by atoms with Gasteiger partial charge in [0.1, 0.15) is 5.69 Å². The number of nitrogens with one attached hydrogen (secondary N) is 2. The highest BCUT2D eigenvalue weighted by Crippen LogP contribution is 2.32. The second kappa shape index (κ2) is 4.41. The van der Waals surface area contributed by atoms with Crippen LogP contribution in [0.2, 0.25) is 0 Å². The van der Waals surface area contributed by atoms with Gasteiger partial charge in [0.25, 0.3) is 5.56 Å². The zero-order chi connectivity index (χ0) is 13.2. The van der Waals surface area contributed by atoms with Crippen LogP contribution in [0.5, 0.6) is 0 Å². The predicted molar refractivity (Wildman–Crippen MR) is 72.3 cm³/mol. The van der Waals surface area contributed by atoms with Crippen LogP contribution in [0.4, 0.5) is 5.82 Å². The number of nitrogens with zero attached hydrogens (tertiary/aromatic N) is 2. The van der Waals surface area contributed by atoms with Gasteiger partial charge in [0.15, 0.2) is 5.82 Å². The molecule has 1 aromatic carbocycles. The molecule has 3 rings (SSSR count). The van der Waals surface area contributed by atoms with E-state index in [1.807, 2.05) is 30.3 Å². The highest BCUT2D eigenvalue weighted by Gasteiger charge is 2.15. The molecular formula is C13H11N5O. The molecule has 0 radical (unpaired) electrons. The number of aromatic amines is 2. The number of nitrogen functional groups attached to an aromatic ring is 1. The minimum absolute atomic E-state index is 0.252. The molecule has 0 aliphatic heterocycles. The molecule has 0 aliphatic rings. The van der Waals surface area contributed by atoms with Crippen molar-refractivity contribution in [1.29, 1.82) is 0 Å². The Balaban J connectivity index is 2.19. The highest BCUT2D eigenvalue weighted by molar-refractivity contribution is 5.86. The van der Waals surface area contributed by atoms with E-state index in [9.17, 15) is 4.79 Å². The van der Waals surface area contributed by atoms with Gasteiger partial charge in [0.2, 0.25) is 0 Å². The van der Waals surface area contributed by atoms with Crippen molar-refractivity contribution in [3.63, 3.8) is 0 Å². The summed E-state index contributed by atoms with van der Waals surface area (Å²) in [7, 11) is 0. The minimum Gasteiger partial charge on any atom is -0.382 e. The molecular weight excluding hydrogens is 242 g/mol. The molecule has 0 fully saturated rings. The molecule has 94 valence electrons. The van der Waals surface area contributed by atoms with Gasteiger partial charge < -0.3 is 5.73 Å². The lowest BCUT2D eigenvalue weighted by molar-refractivity contribution is 0.982. The first kappa shape index (κ1) is 11.2. The third-order valence-corrected chi connectivity index (χ3v) is 2.79. The Morgan fingerprint density at radius 1 is 0.947 bits per heavy atom. The third kappa shape index (κ3) is 1.99. The molecule has 0 bridgehead atoms. The maximum absolute atomic E-state index is 11.0. The van der Waals surface area contributed by atoms with Crippen LogP contribution in [-0.4, -0.2) is 20.4 Å². The Kier molecular flexibility index (Phi) is 2.60. The van der Waals surface area contributed by atoms with E-state index in [4.69, 9.17) is 5.73 Å². The Bertz CT molecular complexity index is 740. The van der Waals surface area contributed by atoms with Crippen LogP contribution in [0, 0.1) is 0 Å². The number of rotatable bonds is 2. The molecule has 6 nitrogen and oxygen atoms in total. The Morgan fingerprint density at radius 3 is 2.42 bits per heavy atom. The summed E-state index contributed by atoms with van der Waals surface area (Å²) >= 11 is 0. The van der Waals surface area contributed by atoms with Crippen molar-refractivity contribution in [2.45, 2.75) is 0 Å². The average molecular weight is 253 g/mol. The van der Waals surface area contributed by atoms with Gasteiger partial charge in [-0.05, 0) is 11.6 Å². The van der Waals surface area contributed by atoms with Crippen molar-refractivity contribution in [2.75, 3.05) is 5.73 Å². The van der Waals surface area contributed by atoms with Crippen molar-refractivity contribution in [3.8, 4) is 22.5 Å². The van der Waals surface area contributed by atoms with Gasteiger partial charge in [-0.1, -0.05) is 30.3 Å². The number of H-pyrrole nitrogens is 2. The van der Waals surface area contributed by atoms with Crippen molar-refractivity contribution in [3.05, 3.63) is 52.8 Å². The van der Waals surface area contributed by atoms with E-state index in [1.165, 1.54) is 6.07 Å². The van der Waals surface area contributed by atoms with Crippen molar-refractivity contribution >= 4 is 5.82 Å². The van der Waals surface area contributed by atoms with Gasteiger partial charge in [-0.2, -0.15) is 10.2 Å². The summed E-state index contributed by atoms with van der Waals surface area (Å²) in [5.41, 5.74) is 8.63. The van der Waals surface area contributed by atoms with Crippen LogP contribution in [0.3, 0.4) is 0 Å².